The SMILES string of the molecule is CN(CCc1c[nH]cn1)C(=O)c1ccc(N2CCC(NC(=O)OC(C)(C)C)C2=O)c(F)c1. The lowest BCUT2D eigenvalue weighted by molar-refractivity contribution is -0.118. The molecule has 3 rings (SSSR count). The van der Waals surface area contributed by atoms with Crippen molar-refractivity contribution in [2.45, 2.75) is 45.3 Å². The largest absolute Gasteiger partial charge is 0.444 e. The summed E-state index contributed by atoms with van der Waals surface area (Å²) >= 11 is 0. The van der Waals surface area contributed by atoms with Gasteiger partial charge in [-0.15, -0.1) is 0 Å². The fourth-order valence-corrected chi connectivity index (χ4v) is 3.39. The third kappa shape index (κ3) is 5.63. The second-order valence-electron chi connectivity index (χ2n) is 8.68. The average molecular weight is 445 g/mol. The van der Waals surface area contributed by atoms with E-state index in [0.717, 1.165) is 11.8 Å². The molecule has 2 aromatic rings. The van der Waals surface area contributed by atoms with Crippen molar-refractivity contribution in [3.05, 3.63) is 47.8 Å². The molecule has 0 saturated carbocycles. The van der Waals surface area contributed by atoms with Crippen molar-refractivity contribution in [2.75, 3.05) is 25.0 Å². The monoisotopic (exact) mass is 445 g/mol. The predicted octanol–water partition coefficient (Wildman–Crippen LogP) is 2.49. The maximum atomic E-state index is 14.8. The molecule has 1 saturated heterocycles. The Balaban J connectivity index is 1.62. The number of carbonyl (C=O) groups excluding carboxylic acids is 3. The van der Waals surface area contributed by atoms with Crippen LogP contribution in [0.4, 0.5) is 14.9 Å². The molecule has 1 aromatic carbocycles. The summed E-state index contributed by atoms with van der Waals surface area (Å²) in [6, 6.07) is 3.25. The highest BCUT2D eigenvalue weighted by atomic mass is 19.1. The molecule has 2 N–H and O–H groups in total. The highest BCUT2D eigenvalue weighted by Gasteiger charge is 2.36. The quantitative estimate of drug-likeness (QED) is 0.710. The number of anilines is 1. The first kappa shape index (κ1) is 23.2. The number of aromatic nitrogens is 2. The molecule has 0 spiro atoms. The second kappa shape index (κ2) is 9.37. The molecule has 3 amide bonds. The minimum absolute atomic E-state index is 0.0687. The Labute approximate surface area is 185 Å². The molecular weight excluding hydrogens is 417 g/mol. The number of benzene rings is 1. The number of nitrogens with one attached hydrogen (secondary N) is 2. The van der Waals surface area contributed by atoms with Crippen LogP contribution >= 0.6 is 0 Å². The summed E-state index contributed by atoms with van der Waals surface area (Å²) in [7, 11) is 1.64. The number of amides is 3. The molecule has 1 fully saturated rings. The van der Waals surface area contributed by atoms with E-state index < -0.39 is 29.5 Å². The van der Waals surface area contributed by atoms with E-state index in [4.69, 9.17) is 4.74 Å². The van der Waals surface area contributed by atoms with Crippen LogP contribution in [-0.4, -0.2) is 64.6 Å². The summed E-state index contributed by atoms with van der Waals surface area (Å²) in [6.45, 7) is 5.84. The van der Waals surface area contributed by atoms with Gasteiger partial charge in [-0.3, -0.25) is 9.59 Å². The smallest absolute Gasteiger partial charge is 0.408 e. The second-order valence-corrected chi connectivity index (χ2v) is 8.68. The Morgan fingerprint density at radius 3 is 2.75 bits per heavy atom. The Bertz CT molecular complexity index is 987. The molecule has 1 aliphatic heterocycles. The van der Waals surface area contributed by atoms with Gasteiger partial charge in [0, 0.05) is 38.3 Å². The Morgan fingerprint density at radius 2 is 2.12 bits per heavy atom. The number of likely N-dealkylation sites (N-methyl/N-ethyl adjacent to an activating group) is 1. The van der Waals surface area contributed by atoms with Crippen LogP contribution in [0.25, 0.3) is 0 Å². The number of H-pyrrole nitrogens is 1. The third-order valence-corrected chi connectivity index (χ3v) is 4.99. The zero-order chi connectivity index (χ0) is 23.5. The Morgan fingerprint density at radius 1 is 1.38 bits per heavy atom. The van der Waals surface area contributed by atoms with E-state index in [1.165, 1.54) is 21.9 Å². The van der Waals surface area contributed by atoms with E-state index in [2.05, 4.69) is 15.3 Å². The molecule has 0 radical (unpaired) electrons. The number of nitrogens with zero attached hydrogens (tertiary/aromatic N) is 3. The van der Waals surface area contributed by atoms with Gasteiger partial charge in [-0.25, -0.2) is 14.2 Å². The number of hydrogen-bond donors (Lipinski definition) is 2. The predicted molar refractivity (Wildman–Crippen MR) is 116 cm³/mol. The van der Waals surface area contributed by atoms with Crippen molar-refractivity contribution in [1.29, 1.82) is 0 Å². The van der Waals surface area contributed by atoms with Crippen LogP contribution in [-0.2, 0) is 16.0 Å². The average Bonchev–Trinajstić information content (AvgIpc) is 3.35. The molecular formula is C22H28FN5O4. The zero-order valence-corrected chi connectivity index (χ0v) is 18.6. The highest BCUT2D eigenvalue weighted by Crippen LogP contribution is 2.26. The van der Waals surface area contributed by atoms with Crippen LogP contribution in [0.1, 0.15) is 43.2 Å². The van der Waals surface area contributed by atoms with Crippen molar-refractivity contribution in [1.82, 2.24) is 20.2 Å². The van der Waals surface area contributed by atoms with Crippen molar-refractivity contribution < 1.29 is 23.5 Å². The molecule has 10 heteroatoms. The summed E-state index contributed by atoms with van der Waals surface area (Å²) in [6.07, 6.45) is 3.52. The summed E-state index contributed by atoms with van der Waals surface area (Å²) in [5.74, 6) is -1.43. The lowest BCUT2D eigenvalue weighted by Crippen LogP contribution is -2.44. The van der Waals surface area contributed by atoms with Gasteiger partial charge in [0.2, 0.25) is 5.91 Å². The van der Waals surface area contributed by atoms with Gasteiger partial charge in [-0.2, -0.15) is 0 Å². The lowest BCUT2D eigenvalue weighted by atomic mass is 10.1. The van der Waals surface area contributed by atoms with E-state index in [9.17, 15) is 18.8 Å². The molecule has 172 valence electrons. The van der Waals surface area contributed by atoms with Gasteiger partial charge in [-0.1, -0.05) is 0 Å². The minimum Gasteiger partial charge on any atom is -0.444 e. The molecule has 1 atom stereocenters. The maximum Gasteiger partial charge on any atom is 0.408 e. The first-order valence-electron chi connectivity index (χ1n) is 10.4. The van der Waals surface area contributed by atoms with Gasteiger partial charge in [0.05, 0.1) is 17.7 Å². The summed E-state index contributed by atoms with van der Waals surface area (Å²) in [5, 5.41) is 2.53. The van der Waals surface area contributed by atoms with Crippen LogP contribution in [0.2, 0.25) is 0 Å². The number of carbonyl (C=O) groups is 3. The van der Waals surface area contributed by atoms with Crippen LogP contribution in [0.15, 0.2) is 30.7 Å². The van der Waals surface area contributed by atoms with Crippen molar-refractivity contribution in [3.63, 3.8) is 0 Å². The van der Waals surface area contributed by atoms with Gasteiger partial charge in [0.15, 0.2) is 0 Å². The van der Waals surface area contributed by atoms with Crippen molar-refractivity contribution in [3.8, 4) is 0 Å². The molecule has 1 unspecified atom stereocenters. The molecule has 0 bridgehead atoms. The van der Waals surface area contributed by atoms with E-state index in [1.54, 1.807) is 40.3 Å². The van der Waals surface area contributed by atoms with E-state index in [1.807, 2.05) is 0 Å². The zero-order valence-electron chi connectivity index (χ0n) is 18.6. The molecule has 32 heavy (non-hydrogen) atoms. The number of alkyl carbamates (subject to hydrolysis) is 1. The first-order valence-corrected chi connectivity index (χ1v) is 10.4. The van der Waals surface area contributed by atoms with Crippen LogP contribution in [0.5, 0.6) is 0 Å². The fourth-order valence-electron chi connectivity index (χ4n) is 3.39. The maximum absolute atomic E-state index is 14.8. The van der Waals surface area contributed by atoms with E-state index >= 15 is 0 Å². The van der Waals surface area contributed by atoms with Gasteiger partial charge in [0.25, 0.3) is 5.91 Å². The summed E-state index contributed by atoms with van der Waals surface area (Å²) in [4.78, 5) is 47.0. The van der Waals surface area contributed by atoms with E-state index in [-0.39, 0.29) is 23.7 Å². The number of hydrogen-bond acceptors (Lipinski definition) is 5. The Kier molecular flexibility index (Phi) is 6.81. The standard InChI is InChI=1S/C22H28FN5O4/c1-22(2,3)32-21(31)26-17-8-10-28(20(17)30)18-6-5-14(11-16(18)23)19(29)27(4)9-7-15-12-24-13-25-15/h5-6,11-13,17H,7-10H2,1-4H3,(H,24,25)(H,26,31). The summed E-state index contributed by atoms with van der Waals surface area (Å²) in [5.41, 5.74) is 0.393. The normalized spacial score (nSPS) is 16.2. The third-order valence-electron chi connectivity index (χ3n) is 4.99. The topological polar surface area (TPSA) is 108 Å². The van der Waals surface area contributed by atoms with Gasteiger partial charge < -0.3 is 24.8 Å². The number of imidazole rings is 1. The number of rotatable bonds is 6. The van der Waals surface area contributed by atoms with Gasteiger partial charge >= 0.3 is 6.09 Å². The number of aromatic amines is 1. The fraction of sp³-hybridized carbons (Fsp3) is 0.455. The van der Waals surface area contributed by atoms with Crippen LogP contribution in [0, 0.1) is 5.82 Å². The molecule has 2 heterocycles. The molecule has 1 aliphatic rings. The summed E-state index contributed by atoms with van der Waals surface area (Å²) < 4.78 is 20.0. The molecule has 9 nitrogen and oxygen atoms in total. The first-order chi connectivity index (χ1) is 15.0. The molecule has 1 aromatic heterocycles. The van der Waals surface area contributed by atoms with E-state index in [0.29, 0.717) is 19.4 Å². The van der Waals surface area contributed by atoms with Crippen molar-refractivity contribution in [2.24, 2.45) is 0 Å². The highest BCUT2D eigenvalue weighted by molar-refractivity contribution is 6.01. The van der Waals surface area contributed by atoms with Gasteiger partial charge in [0.1, 0.15) is 17.5 Å². The van der Waals surface area contributed by atoms with Crippen LogP contribution in [0.3, 0.4) is 0 Å². The van der Waals surface area contributed by atoms with Crippen molar-refractivity contribution >= 4 is 23.6 Å². The Hall–Kier alpha value is -3.43. The van der Waals surface area contributed by atoms with Crippen LogP contribution < -0.4 is 10.2 Å². The minimum atomic E-state index is -0.793. The number of halogens is 1. The number of ether oxygens (including phenoxy) is 1. The molecule has 0 aliphatic carbocycles. The van der Waals surface area contributed by atoms with Gasteiger partial charge in [-0.05, 0) is 45.4 Å². The lowest BCUT2D eigenvalue weighted by Gasteiger charge is -2.22.